The molecule has 0 aliphatic heterocycles. The van der Waals surface area contributed by atoms with Crippen LogP contribution >= 0.6 is 0 Å². The summed E-state index contributed by atoms with van der Waals surface area (Å²) in [6.45, 7) is -1.25. The van der Waals surface area contributed by atoms with Gasteiger partial charge in [-0.05, 0) is 47.2 Å². The van der Waals surface area contributed by atoms with Crippen LogP contribution in [0.2, 0.25) is 0 Å². The Morgan fingerprint density at radius 2 is 1.60 bits per heavy atom. The minimum Gasteiger partial charge on any atom is -0.484 e. The molecule has 104 valence electrons. The Morgan fingerprint density at radius 1 is 0.900 bits per heavy atom. The minimum atomic E-state index is -4.30. The van der Waals surface area contributed by atoms with Gasteiger partial charge in [-0.1, -0.05) is 30.3 Å². The normalized spacial score (nSPS) is 13.6. The highest BCUT2D eigenvalue weighted by atomic mass is 19.4. The summed E-state index contributed by atoms with van der Waals surface area (Å²) in [5, 5.41) is 0. The molecule has 1 aliphatic rings. The van der Waals surface area contributed by atoms with Crippen LogP contribution in [-0.4, -0.2) is 12.8 Å². The van der Waals surface area contributed by atoms with E-state index in [9.17, 15) is 13.2 Å². The van der Waals surface area contributed by atoms with Gasteiger partial charge in [0.15, 0.2) is 6.61 Å². The Labute approximate surface area is 115 Å². The average Bonchev–Trinajstić information content (AvgIpc) is 2.44. The number of hydrogen-bond acceptors (Lipinski definition) is 1. The zero-order valence-corrected chi connectivity index (χ0v) is 10.7. The summed E-state index contributed by atoms with van der Waals surface area (Å²) >= 11 is 0. The fourth-order valence-corrected chi connectivity index (χ4v) is 2.57. The van der Waals surface area contributed by atoms with Gasteiger partial charge in [-0.3, -0.25) is 0 Å². The van der Waals surface area contributed by atoms with Crippen LogP contribution in [0.15, 0.2) is 42.5 Å². The van der Waals surface area contributed by atoms with Crippen molar-refractivity contribution in [3.63, 3.8) is 0 Å². The quantitative estimate of drug-likeness (QED) is 0.791. The highest BCUT2D eigenvalue weighted by Crippen LogP contribution is 2.35. The molecule has 1 nitrogen and oxygen atoms in total. The van der Waals surface area contributed by atoms with Crippen molar-refractivity contribution in [1.29, 1.82) is 0 Å². The molecule has 0 saturated heterocycles. The molecule has 0 spiro atoms. The van der Waals surface area contributed by atoms with Crippen LogP contribution in [0, 0.1) is 0 Å². The predicted octanol–water partition coefficient (Wildman–Crippen LogP) is 4.39. The summed E-state index contributed by atoms with van der Waals surface area (Å²) < 4.78 is 41.3. The van der Waals surface area contributed by atoms with Gasteiger partial charge in [0, 0.05) is 0 Å². The molecule has 0 aromatic heterocycles. The van der Waals surface area contributed by atoms with E-state index in [0.29, 0.717) is 0 Å². The molecule has 1 aliphatic carbocycles. The molecule has 2 aromatic rings. The number of aryl methyl sites for hydroxylation is 2. The van der Waals surface area contributed by atoms with Crippen LogP contribution in [0.25, 0.3) is 11.1 Å². The molecule has 0 atom stereocenters. The van der Waals surface area contributed by atoms with Gasteiger partial charge in [-0.15, -0.1) is 0 Å². The summed E-state index contributed by atoms with van der Waals surface area (Å²) in [5.41, 5.74) is 4.58. The van der Waals surface area contributed by atoms with Gasteiger partial charge in [-0.25, -0.2) is 0 Å². The van der Waals surface area contributed by atoms with Crippen molar-refractivity contribution < 1.29 is 17.9 Å². The molecule has 0 saturated carbocycles. The lowest BCUT2D eigenvalue weighted by atomic mass is 9.86. The van der Waals surface area contributed by atoms with Gasteiger partial charge in [0.2, 0.25) is 0 Å². The lowest BCUT2D eigenvalue weighted by Gasteiger charge is -2.20. The molecule has 2 aromatic carbocycles. The second kappa shape index (κ2) is 4.85. The SMILES string of the molecule is FC(F)(F)COc1ccc2c(c1)CCc1ccccc1-2. The molecule has 4 heteroatoms. The fourth-order valence-electron chi connectivity index (χ4n) is 2.57. The molecule has 0 unspecified atom stereocenters. The first-order valence-corrected chi connectivity index (χ1v) is 6.44. The summed E-state index contributed by atoms with van der Waals surface area (Å²) in [6, 6.07) is 13.3. The Balaban J connectivity index is 1.88. The molecule has 0 heterocycles. The second-order valence-electron chi connectivity index (χ2n) is 4.88. The van der Waals surface area contributed by atoms with Gasteiger partial charge in [0.25, 0.3) is 0 Å². The van der Waals surface area contributed by atoms with E-state index in [4.69, 9.17) is 4.74 Å². The highest BCUT2D eigenvalue weighted by Gasteiger charge is 2.28. The van der Waals surface area contributed by atoms with Crippen molar-refractivity contribution in [3.05, 3.63) is 53.6 Å². The van der Waals surface area contributed by atoms with Gasteiger partial charge in [0.05, 0.1) is 0 Å². The maximum atomic E-state index is 12.2. The molecule has 20 heavy (non-hydrogen) atoms. The molecular weight excluding hydrogens is 265 g/mol. The molecule has 0 N–H and O–H groups in total. The van der Waals surface area contributed by atoms with E-state index < -0.39 is 12.8 Å². The first-order chi connectivity index (χ1) is 9.53. The van der Waals surface area contributed by atoms with Crippen molar-refractivity contribution in [2.75, 3.05) is 6.61 Å². The molecule has 0 radical (unpaired) electrons. The van der Waals surface area contributed by atoms with E-state index in [1.54, 1.807) is 12.1 Å². The lowest BCUT2D eigenvalue weighted by molar-refractivity contribution is -0.153. The number of rotatable bonds is 2. The van der Waals surface area contributed by atoms with Crippen molar-refractivity contribution in [1.82, 2.24) is 0 Å². The summed E-state index contributed by atoms with van der Waals surface area (Å²) in [6.07, 6.45) is -2.57. The number of hydrogen-bond donors (Lipinski definition) is 0. The number of ether oxygens (including phenoxy) is 1. The Morgan fingerprint density at radius 3 is 2.40 bits per heavy atom. The van der Waals surface area contributed by atoms with Crippen LogP contribution in [0.3, 0.4) is 0 Å². The smallest absolute Gasteiger partial charge is 0.422 e. The van der Waals surface area contributed by atoms with E-state index in [2.05, 4.69) is 6.07 Å². The summed E-state index contributed by atoms with van der Waals surface area (Å²) in [4.78, 5) is 0. The Hall–Kier alpha value is -1.97. The second-order valence-corrected chi connectivity index (χ2v) is 4.88. The highest BCUT2D eigenvalue weighted by molar-refractivity contribution is 5.73. The maximum absolute atomic E-state index is 12.2. The zero-order chi connectivity index (χ0) is 14.2. The van der Waals surface area contributed by atoms with Crippen molar-refractivity contribution >= 4 is 0 Å². The Kier molecular flexibility index (Phi) is 3.16. The fraction of sp³-hybridized carbons (Fsp3) is 0.250. The lowest BCUT2D eigenvalue weighted by Crippen LogP contribution is -2.19. The van der Waals surface area contributed by atoms with Gasteiger partial charge in [0.1, 0.15) is 5.75 Å². The third kappa shape index (κ3) is 2.64. The largest absolute Gasteiger partial charge is 0.484 e. The summed E-state index contributed by atoms with van der Waals surface area (Å²) in [7, 11) is 0. The van der Waals surface area contributed by atoms with E-state index in [-0.39, 0.29) is 5.75 Å². The molecule has 0 fully saturated rings. The molecule has 0 amide bonds. The summed E-state index contributed by atoms with van der Waals surface area (Å²) in [5.74, 6) is 0.278. The van der Waals surface area contributed by atoms with Crippen LogP contribution in [0.1, 0.15) is 11.1 Å². The van der Waals surface area contributed by atoms with Crippen molar-refractivity contribution in [3.8, 4) is 16.9 Å². The number of benzene rings is 2. The molecule has 3 rings (SSSR count). The van der Waals surface area contributed by atoms with Crippen LogP contribution in [-0.2, 0) is 12.8 Å². The molecular formula is C16H13F3O. The standard InChI is InChI=1S/C16H13F3O/c17-16(18,19)10-20-13-7-8-15-12(9-13)6-5-11-3-1-2-4-14(11)15/h1-4,7-9H,5-6,10H2. The van der Waals surface area contributed by atoms with E-state index in [0.717, 1.165) is 29.5 Å². The number of alkyl halides is 3. The van der Waals surface area contributed by atoms with Gasteiger partial charge < -0.3 is 4.74 Å². The van der Waals surface area contributed by atoms with Gasteiger partial charge >= 0.3 is 6.18 Å². The first kappa shape index (κ1) is 13.0. The van der Waals surface area contributed by atoms with Crippen molar-refractivity contribution in [2.24, 2.45) is 0 Å². The van der Waals surface area contributed by atoms with Crippen molar-refractivity contribution in [2.45, 2.75) is 19.0 Å². The first-order valence-electron chi connectivity index (χ1n) is 6.44. The van der Waals surface area contributed by atoms with E-state index in [1.807, 2.05) is 24.3 Å². The topological polar surface area (TPSA) is 9.23 Å². The van der Waals surface area contributed by atoms with E-state index in [1.165, 1.54) is 5.56 Å². The Bertz CT molecular complexity index is 632. The monoisotopic (exact) mass is 278 g/mol. The van der Waals surface area contributed by atoms with E-state index >= 15 is 0 Å². The minimum absolute atomic E-state index is 0.278. The third-order valence-electron chi connectivity index (χ3n) is 3.45. The maximum Gasteiger partial charge on any atom is 0.422 e. The zero-order valence-electron chi connectivity index (χ0n) is 10.7. The predicted molar refractivity (Wildman–Crippen MR) is 70.8 cm³/mol. The van der Waals surface area contributed by atoms with Crippen LogP contribution in [0.5, 0.6) is 5.75 Å². The van der Waals surface area contributed by atoms with Gasteiger partial charge in [-0.2, -0.15) is 13.2 Å². The van der Waals surface area contributed by atoms with Crippen LogP contribution in [0.4, 0.5) is 13.2 Å². The average molecular weight is 278 g/mol. The van der Waals surface area contributed by atoms with Crippen LogP contribution < -0.4 is 4.74 Å². The number of halogens is 3. The number of fused-ring (bicyclic) bond motifs is 3. The third-order valence-corrected chi connectivity index (χ3v) is 3.45. The molecule has 0 bridgehead atoms.